The molecule has 0 unspecified atom stereocenters. The van der Waals surface area contributed by atoms with Gasteiger partial charge in [0.1, 0.15) is 6.33 Å². The average molecular weight is 362 g/mol. The smallest absolute Gasteiger partial charge is 0.253 e. The van der Waals surface area contributed by atoms with E-state index >= 15 is 0 Å². The first-order valence-corrected chi connectivity index (χ1v) is 9.21. The maximum atomic E-state index is 12.8. The van der Waals surface area contributed by atoms with E-state index in [1.165, 1.54) is 0 Å². The number of nitrogens with zero attached hydrogens (tertiary/aromatic N) is 4. The van der Waals surface area contributed by atoms with Crippen molar-refractivity contribution in [1.29, 1.82) is 0 Å². The number of hydrogen-bond acceptors (Lipinski definition) is 3. The van der Waals surface area contributed by atoms with Crippen LogP contribution in [0.3, 0.4) is 0 Å². The Kier molecular flexibility index (Phi) is 4.62. The molecule has 0 bridgehead atoms. The molecule has 0 N–H and O–H groups in total. The van der Waals surface area contributed by atoms with E-state index in [1.807, 2.05) is 58.0 Å². The van der Waals surface area contributed by atoms with E-state index in [0.29, 0.717) is 31.7 Å². The van der Waals surface area contributed by atoms with Crippen LogP contribution in [0.2, 0.25) is 0 Å². The maximum Gasteiger partial charge on any atom is 0.253 e. The molecule has 0 atom stereocenters. The van der Waals surface area contributed by atoms with Crippen molar-refractivity contribution in [2.24, 2.45) is 0 Å². The third-order valence-corrected chi connectivity index (χ3v) is 5.07. The Hall–Kier alpha value is -3.15. The Morgan fingerprint density at radius 1 is 0.889 bits per heavy atom. The molecule has 2 amide bonds. The van der Waals surface area contributed by atoms with Gasteiger partial charge >= 0.3 is 0 Å². The Labute approximate surface area is 158 Å². The molecule has 3 aromatic rings. The van der Waals surface area contributed by atoms with Gasteiger partial charge in [0, 0.05) is 44.4 Å². The molecular formula is C21H22N4O2. The highest BCUT2D eigenvalue weighted by Crippen LogP contribution is 2.19. The molecular weight excluding hydrogens is 340 g/mol. The number of fused-ring (bicyclic) bond motifs is 1. The summed E-state index contributed by atoms with van der Waals surface area (Å²) in [5.41, 5.74) is 3.61. The van der Waals surface area contributed by atoms with Gasteiger partial charge in [0.05, 0.1) is 11.0 Å². The van der Waals surface area contributed by atoms with Crippen LogP contribution >= 0.6 is 0 Å². The number of imidazole rings is 1. The van der Waals surface area contributed by atoms with E-state index in [9.17, 15) is 9.59 Å². The molecule has 1 saturated heterocycles. The average Bonchev–Trinajstić information content (AvgIpc) is 2.96. The van der Waals surface area contributed by atoms with E-state index in [4.69, 9.17) is 0 Å². The van der Waals surface area contributed by atoms with Crippen LogP contribution in [-0.4, -0.2) is 57.3 Å². The Balaban J connectivity index is 1.52. The first-order valence-electron chi connectivity index (χ1n) is 9.21. The summed E-state index contributed by atoms with van der Waals surface area (Å²) in [7, 11) is 0. The number of rotatable bonds is 2. The lowest BCUT2D eigenvalue weighted by molar-refractivity contribution is -0.128. The van der Waals surface area contributed by atoms with Gasteiger partial charge in [-0.25, -0.2) is 4.98 Å². The number of aromatic nitrogens is 2. The fourth-order valence-corrected chi connectivity index (χ4v) is 3.55. The second kappa shape index (κ2) is 7.23. The number of benzene rings is 2. The molecule has 2 heterocycles. The summed E-state index contributed by atoms with van der Waals surface area (Å²) in [6.45, 7) is 4.14. The Morgan fingerprint density at radius 2 is 1.59 bits per heavy atom. The molecule has 0 aliphatic carbocycles. The molecule has 138 valence electrons. The third kappa shape index (κ3) is 3.43. The number of para-hydroxylation sites is 2. The van der Waals surface area contributed by atoms with E-state index in [0.717, 1.165) is 23.1 Å². The largest absolute Gasteiger partial charge is 0.341 e. The summed E-state index contributed by atoms with van der Waals surface area (Å²) in [5, 5.41) is 0. The highest BCUT2D eigenvalue weighted by Gasteiger charge is 2.21. The van der Waals surface area contributed by atoms with Gasteiger partial charge in [-0.3, -0.25) is 14.2 Å². The topological polar surface area (TPSA) is 58.4 Å². The van der Waals surface area contributed by atoms with Crippen molar-refractivity contribution in [3.05, 3.63) is 60.4 Å². The van der Waals surface area contributed by atoms with Gasteiger partial charge < -0.3 is 9.80 Å². The van der Waals surface area contributed by atoms with Crippen LogP contribution in [0.1, 0.15) is 23.7 Å². The lowest BCUT2D eigenvalue weighted by atomic mass is 10.1. The molecule has 27 heavy (non-hydrogen) atoms. The van der Waals surface area contributed by atoms with Crippen molar-refractivity contribution in [3.63, 3.8) is 0 Å². The molecule has 6 heteroatoms. The minimum absolute atomic E-state index is 0.0161. The maximum absolute atomic E-state index is 12.8. The predicted molar refractivity (Wildman–Crippen MR) is 104 cm³/mol. The van der Waals surface area contributed by atoms with Crippen LogP contribution in [0.25, 0.3) is 16.7 Å². The third-order valence-electron chi connectivity index (χ3n) is 5.07. The number of hydrogen-bond donors (Lipinski definition) is 0. The van der Waals surface area contributed by atoms with Crippen molar-refractivity contribution < 1.29 is 9.59 Å². The lowest BCUT2D eigenvalue weighted by Gasteiger charge is -2.21. The second-order valence-corrected chi connectivity index (χ2v) is 6.80. The van der Waals surface area contributed by atoms with Gasteiger partial charge in [-0.2, -0.15) is 0 Å². The van der Waals surface area contributed by atoms with Crippen molar-refractivity contribution in [2.45, 2.75) is 13.3 Å². The highest BCUT2D eigenvalue weighted by atomic mass is 16.2. The van der Waals surface area contributed by atoms with E-state index < -0.39 is 0 Å². The SMILES string of the molecule is CC(=O)N1CCCN(C(=O)c2ccc(-n3cnc4ccccc43)cc2)CC1. The van der Waals surface area contributed by atoms with Gasteiger partial charge in [0.2, 0.25) is 5.91 Å². The van der Waals surface area contributed by atoms with Crippen molar-refractivity contribution in [3.8, 4) is 5.69 Å². The van der Waals surface area contributed by atoms with Gasteiger partial charge in [0.15, 0.2) is 0 Å². The van der Waals surface area contributed by atoms with Gasteiger partial charge in [0.25, 0.3) is 5.91 Å². The molecule has 0 saturated carbocycles. The molecule has 6 nitrogen and oxygen atoms in total. The molecule has 1 aliphatic heterocycles. The van der Waals surface area contributed by atoms with Crippen LogP contribution in [0.15, 0.2) is 54.9 Å². The van der Waals surface area contributed by atoms with E-state index in [-0.39, 0.29) is 11.8 Å². The van der Waals surface area contributed by atoms with Crippen molar-refractivity contribution in [2.75, 3.05) is 26.2 Å². The number of carbonyl (C=O) groups is 2. The summed E-state index contributed by atoms with van der Waals surface area (Å²) < 4.78 is 2.01. The first-order chi connectivity index (χ1) is 13.1. The van der Waals surface area contributed by atoms with E-state index in [2.05, 4.69) is 4.98 Å². The molecule has 2 aromatic carbocycles. The van der Waals surface area contributed by atoms with Crippen LogP contribution in [-0.2, 0) is 4.79 Å². The zero-order chi connectivity index (χ0) is 18.8. The van der Waals surface area contributed by atoms with Crippen LogP contribution in [0.5, 0.6) is 0 Å². The van der Waals surface area contributed by atoms with Crippen molar-refractivity contribution in [1.82, 2.24) is 19.4 Å². The van der Waals surface area contributed by atoms with Gasteiger partial charge in [-0.15, -0.1) is 0 Å². The first kappa shape index (κ1) is 17.3. The van der Waals surface area contributed by atoms with Crippen LogP contribution < -0.4 is 0 Å². The van der Waals surface area contributed by atoms with Gasteiger partial charge in [-0.1, -0.05) is 12.1 Å². The monoisotopic (exact) mass is 362 g/mol. The molecule has 1 fully saturated rings. The molecule has 1 aliphatic rings. The fraction of sp³-hybridized carbons (Fsp3) is 0.286. The molecule has 4 rings (SSSR count). The summed E-state index contributed by atoms with van der Waals surface area (Å²) >= 11 is 0. The summed E-state index contributed by atoms with van der Waals surface area (Å²) in [6.07, 6.45) is 2.61. The van der Waals surface area contributed by atoms with E-state index in [1.54, 1.807) is 18.2 Å². The molecule has 0 spiro atoms. The standard InChI is InChI=1S/C21H22N4O2/c1-16(26)23-11-4-12-24(14-13-23)21(27)17-7-9-18(10-8-17)25-15-22-19-5-2-3-6-20(19)25/h2-3,5-10,15H,4,11-14H2,1H3. The number of amides is 2. The molecule has 1 aromatic heterocycles. The lowest BCUT2D eigenvalue weighted by Crippen LogP contribution is -2.36. The predicted octanol–water partition coefficient (Wildman–Crippen LogP) is 2.72. The number of carbonyl (C=O) groups excluding carboxylic acids is 2. The highest BCUT2D eigenvalue weighted by molar-refractivity contribution is 5.94. The van der Waals surface area contributed by atoms with Gasteiger partial charge in [-0.05, 0) is 42.8 Å². The van der Waals surface area contributed by atoms with Crippen LogP contribution in [0, 0.1) is 0 Å². The Morgan fingerprint density at radius 3 is 2.37 bits per heavy atom. The molecule has 0 radical (unpaired) electrons. The zero-order valence-electron chi connectivity index (χ0n) is 15.3. The van der Waals surface area contributed by atoms with Crippen LogP contribution in [0.4, 0.5) is 0 Å². The second-order valence-electron chi connectivity index (χ2n) is 6.80. The van der Waals surface area contributed by atoms with Crippen molar-refractivity contribution >= 4 is 22.8 Å². The Bertz CT molecular complexity index is 977. The summed E-state index contributed by atoms with van der Waals surface area (Å²) in [4.78, 5) is 32.5. The minimum atomic E-state index is 0.0161. The summed E-state index contributed by atoms with van der Waals surface area (Å²) in [5.74, 6) is 0.0867. The quantitative estimate of drug-likeness (QED) is 0.704. The minimum Gasteiger partial charge on any atom is -0.341 e. The zero-order valence-corrected chi connectivity index (χ0v) is 15.3. The fourth-order valence-electron chi connectivity index (χ4n) is 3.55. The normalized spacial score (nSPS) is 15.0. The summed E-state index contributed by atoms with van der Waals surface area (Å²) in [6, 6.07) is 15.6.